The predicted molar refractivity (Wildman–Crippen MR) is 119 cm³/mol. The van der Waals surface area contributed by atoms with Crippen LogP contribution in [0.4, 0.5) is 4.39 Å². The quantitative estimate of drug-likeness (QED) is 0.327. The zero-order chi connectivity index (χ0) is 18.2. The predicted octanol–water partition coefficient (Wildman–Crippen LogP) is 4.37. The molecule has 0 saturated carbocycles. The molecular formula is C21H22FIN4. The first kappa shape index (κ1) is 20.8. The van der Waals surface area contributed by atoms with Gasteiger partial charge >= 0.3 is 0 Å². The smallest absolute Gasteiger partial charge is 0.191 e. The molecule has 2 aromatic carbocycles. The first-order chi connectivity index (χ1) is 12.7. The minimum Gasteiger partial charge on any atom is -0.352 e. The third-order valence-corrected chi connectivity index (χ3v) is 3.94. The monoisotopic (exact) mass is 476 g/mol. The summed E-state index contributed by atoms with van der Waals surface area (Å²) in [6.45, 7) is 1.22. The standard InChI is InChI=1S/C21H21FN4.HI/c1-23-21(25-14-16-8-10-19(22)11-9-16)26-15-17-5-4-6-18(13-17)20-7-2-3-12-24-20;/h2-13H,14-15H2,1H3,(H2,23,25,26);1H. The van der Waals surface area contributed by atoms with Crippen LogP contribution >= 0.6 is 24.0 Å². The molecule has 0 amide bonds. The van der Waals surface area contributed by atoms with E-state index in [-0.39, 0.29) is 29.8 Å². The fourth-order valence-corrected chi connectivity index (χ4v) is 2.57. The lowest BCUT2D eigenvalue weighted by molar-refractivity contribution is 0.626. The van der Waals surface area contributed by atoms with Crippen LogP contribution in [0.1, 0.15) is 11.1 Å². The van der Waals surface area contributed by atoms with Gasteiger partial charge in [-0.1, -0.05) is 36.4 Å². The van der Waals surface area contributed by atoms with Crippen LogP contribution in [-0.4, -0.2) is 18.0 Å². The van der Waals surface area contributed by atoms with Gasteiger partial charge in [0.15, 0.2) is 5.96 Å². The highest BCUT2D eigenvalue weighted by Crippen LogP contribution is 2.17. The summed E-state index contributed by atoms with van der Waals surface area (Å²) in [7, 11) is 1.73. The summed E-state index contributed by atoms with van der Waals surface area (Å²) >= 11 is 0. The summed E-state index contributed by atoms with van der Waals surface area (Å²) < 4.78 is 13.0. The van der Waals surface area contributed by atoms with E-state index in [1.165, 1.54) is 12.1 Å². The second-order valence-electron chi connectivity index (χ2n) is 5.82. The molecule has 0 bridgehead atoms. The molecular weight excluding hydrogens is 454 g/mol. The summed E-state index contributed by atoms with van der Waals surface area (Å²) in [6, 6.07) is 20.6. The SMILES string of the molecule is CN=C(NCc1ccc(F)cc1)NCc1cccc(-c2ccccn2)c1.I. The summed E-state index contributed by atoms with van der Waals surface area (Å²) in [5.41, 5.74) is 4.16. The summed E-state index contributed by atoms with van der Waals surface area (Å²) in [6.07, 6.45) is 1.79. The molecule has 0 unspecified atom stereocenters. The number of nitrogens with zero attached hydrogens (tertiary/aromatic N) is 2. The largest absolute Gasteiger partial charge is 0.352 e. The first-order valence-corrected chi connectivity index (χ1v) is 8.44. The molecule has 3 rings (SSSR count). The topological polar surface area (TPSA) is 49.3 Å². The average Bonchev–Trinajstić information content (AvgIpc) is 2.70. The summed E-state index contributed by atoms with van der Waals surface area (Å²) in [5.74, 6) is 0.460. The summed E-state index contributed by atoms with van der Waals surface area (Å²) in [4.78, 5) is 8.61. The van der Waals surface area contributed by atoms with E-state index in [0.717, 1.165) is 22.4 Å². The molecule has 0 atom stereocenters. The van der Waals surface area contributed by atoms with Crippen LogP contribution < -0.4 is 10.6 Å². The van der Waals surface area contributed by atoms with Gasteiger partial charge in [-0.2, -0.15) is 0 Å². The number of guanidine groups is 1. The van der Waals surface area contributed by atoms with Crippen LogP contribution in [0, 0.1) is 5.82 Å². The minimum atomic E-state index is -0.232. The van der Waals surface area contributed by atoms with Crippen LogP contribution in [0.15, 0.2) is 77.9 Å². The molecule has 0 fully saturated rings. The van der Waals surface area contributed by atoms with Gasteiger partial charge in [-0.15, -0.1) is 24.0 Å². The maximum Gasteiger partial charge on any atom is 0.191 e. The minimum absolute atomic E-state index is 0. The number of aromatic nitrogens is 1. The van der Waals surface area contributed by atoms with Crippen molar-refractivity contribution >= 4 is 29.9 Å². The fraction of sp³-hybridized carbons (Fsp3) is 0.143. The first-order valence-electron chi connectivity index (χ1n) is 8.44. The van der Waals surface area contributed by atoms with E-state index in [1.807, 2.05) is 30.3 Å². The molecule has 6 heteroatoms. The highest BCUT2D eigenvalue weighted by atomic mass is 127. The van der Waals surface area contributed by atoms with Gasteiger partial charge in [0.25, 0.3) is 0 Å². The normalized spacial score (nSPS) is 10.8. The van der Waals surface area contributed by atoms with Gasteiger partial charge in [-0.25, -0.2) is 4.39 Å². The number of rotatable bonds is 5. The van der Waals surface area contributed by atoms with Crippen molar-refractivity contribution in [2.75, 3.05) is 7.05 Å². The maximum atomic E-state index is 13.0. The zero-order valence-electron chi connectivity index (χ0n) is 15.0. The van der Waals surface area contributed by atoms with Crippen molar-refractivity contribution in [2.24, 2.45) is 4.99 Å². The lowest BCUT2D eigenvalue weighted by Gasteiger charge is -2.12. The van der Waals surface area contributed by atoms with Crippen molar-refractivity contribution in [3.63, 3.8) is 0 Å². The van der Waals surface area contributed by atoms with Crippen LogP contribution in [0.25, 0.3) is 11.3 Å². The van der Waals surface area contributed by atoms with Crippen LogP contribution in [-0.2, 0) is 13.1 Å². The van der Waals surface area contributed by atoms with Crippen molar-refractivity contribution in [3.05, 3.63) is 89.9 Å². The van der Waals surface area contributed by atoms with Crippen LogP contribution in [0.5, 0.6) is 0 Å². The van der Waals surface area contributed by atoms with Gasteiger partial charge in [0.05, 0.1) is 5.69 Å². The highest BCUT2D eigenvalue weighted by molar-refractivity contribution is 14.0. The molecule has 3 aromatic rings. The number of hydrogen-bond donors (Lipinski definition) is 2. The van der Waals surface area contributed by atoms with E-state index in [9.17, 15) is 4.39 Å². The molecule has 0 aliphatic heterocycles. The molecule has 27 heavy (non-hydrogen) atoms. The highest BCUT2D eigenvalue weighted by Gasteiger charge is 2.02. The second-order valence-corrected chi connectivity index (χ2v) is 5.82. The molecule has 0 aliphatic carbocycles. The molecule has 0 saturated heterocycles. The third kappa shape index (κ3) is 6.32. The van der Waals surface area contributed by atoms with E-state index in [1.54, 1.807) is 25.4 Å². The Hall–Kier alpha value is -2.48. The fourth-order valence-electron chi connectivity index (χ4n) is 2.57. The molecule has 2 N–H and O–H groups in total. The van der Waals surface area contributed by atoms with Gasteiger partial charge in [-0.3, -0.25) is 9.98 Å². The number of pyridine rings is 1. The van der Waals surface area contributed by atoms with E-state index < -0.39 is 0 Å². The Kier molecular flexibility index (Phi) is 8.19. The summed E-state index contributed by atoms with van der Waals surface area (Å²) in [5, 5.41) is 6.52. The zero-order valence-corrected chi connectivity index (χ0v) is 17.4. The molecule has 1 aromatic heterocycles. The molecule has 0 radical (unpaired) electrons. The van der Waals surface area contributed by atoms with Gasteiger partial charge in [0, 0.05) is 31.9 Å². The molecule has 0 spiro atoms. The molecule has 1 heterocycles. The molecule has 0 aliphatic rings. The van der Waals surface area contributed by atoms with Gasteiger partial charge in [0.1, 0.15) is 5.82 Å². The third-order valence-electron chi connectivity index (χ3n) is 3.94. The molecule has 4 nitrogen and oxygen atoms in total. The lowest BCUT2D eigenvalue weighted by Crippen LogP contribution is -2.36. The Bertz CT molecular complexity index is 867. The number of benzene rings is 2. The van der Waals surface area contributed by atoms with E-state index in [2.05, 4.69) is 32.7 Å². The Morgan fingerprint density at radius 1 is 0.926 bits per heavy atom. The lowest BCUT2D eigenvalue weighted by atomic mass is 10.1. The number of aliphatic imine (C=N–C) groups is 1. The Balaban J connectivity index is 0.00000261. The van der Waals surface area contributed by atoms with Crippen molar-refractivity contribution in [1.82, 2.24) is 15.6 Å². The van der Waals surface area contributed by atoms with Crippen LogP contribution in [0.3, 0.4) is 0 Å². The molecule has 140 valence electrons. The number of halogens is 2. The Morgan fingerprint density at radius 3 is 2.33 bits per heavy atom. The van der Waals surface area contributed by atoms with Crippen molar-refractivity contribution in [2.45, 2.75) is 13.1 Å². The maximum absolute atomic E-state index is 13.0. The van der Waals surface area contributed by atoms with Gasteiger partial charge in [-0.05, 0) is 41.5 Å². The number of nitrogens with one attached hydrogen (secondary N) is 2. The Morgan fingerprint density at radius 2 is 1.67 bits per heavy atom. The van der Waals surface area contributed by atoms with E-state index in [0.29, 0.717) is 19.0 Å². The van der Waals surface area contributed by atoms with Gasteiger partial charge in [0.2, 0.25) is 0 Å². The van der Waals surface area contributed by atoms with Crippen molar-refractivity contribution in [3.8, 4) is 11.3 Å². The van der Waals surface area contributed by atoms with Gasteiger partial charge < -0.3 is 10.6 Å². The second kappa shape index (κ2) is 10.6. The Labute approximate surface area is 176 Å². The van der Waals surface area contributed by atoms with Crippen molar-refractivity contribution in [1.29, 1.82) is 0 Å². The number of hydrogen-bond acceptors (Lipinski definition) is 2. The van der Waals surface area contributed by atoms with Crippen molar-refractivity contribution < 1.29 is 4.39 Å². The average molecular weight is 476 g/mol. The van der Waals surface area contributed by atoms with E-state index in [4.69, 9.17) is 0 Å². The van der Waals surface area contributed by atoms with Crippen LogP contribution in [0.2, 0.25) is 0 Å². The van der Waals surface area contributed by atoms with E-state index >= 15 is 0 Å².